The number of H-pyrrole nitrogens is 1. The molecular weight excluding hydrogens is 237 g/mol. The first-order chi connectivity index (χ1) is 7.91. The van der Waals surface area contributed by atoms with Gasteiger partial charge in [-0.05, 0) is 0 Å². The van der Waals surface area contributed by atoms with Crippen molar-refractivity contribution in [3.8, 4) is 12.3 Å². The van der Waals surface area contributed by atoms with Crippen LogP contribution >= 0.6 is 0 Å². The number of aromatic amines is 1. The number of carbonyl (C=O) groups excluding carboxylic acids is 1. The maximum atomic E-state index is 12.3. The Hall–Kier alpha value is -2.04. The lowest BCUT2D eigenvalue weighted by Gasteiger charge is -2.09. The van der Waals surface area contributed by atoms with Crippen molar-refractivity contribution < 1.29 is 18.0 Å². The van der Waals surface area contributed by atoms with Gasteiger partial charge in [0.15, 0.2) is 0 Å². The molecule has 1 fully saturated rings. The van der Waals surface area contributed by atoms with Crippen molar-refractivity contribution >= 4 is 11.9 Å². The smallest absolute Gasteiger partial charge is 0.278 e. The van der Waals surface area contributed by atoms with Gasteiger partial charge in [-0.3, -0.25) is 14.8 Å². The van der Waals surface area contributed by atoms with Crippen molar-refractivity contribution in [1.82, 2.24) is 15.2 Å². The Morgan fingerprint density at radius 1 is 1.53 bits per heavy atom. The van der Waals surface area contributed by atoms with Crippen LogP contribution in [0.5, 0.6) is 0 Å². The molecule has 0 saturated carbocycles. The van der Waals surface area contributed by atoms with E-state index in [1.165, 1.54) is 0 Å². The number of amides is 1. The normalized spacial score (nSPS) is 20.7. The highest BCUT2D eigenvalue weighted by atomic mass is 19.4. The molecule has 1 aromatic heterocycles. The summed E-state index contributed by atoms with van der Waals surface area (Å²) in [5, 5.41) is 5.11. The minimum absolute atomic E-state index is 0.104. The molecule has 0 bridgehead atoms. The fraction of sp³-hybridized carbons (Fsp3) is 0.444. The second kappa shape index (κ2) is 3.76. The zero-order chi connectivity index (χ0) is 12.6. The second-order valence-electron chi connectivity index (χ2n) is 3.55. The number of halogens is 3. The van der Waals surface area contributed by atoms with Crippen molar-refractivity contribution in [2.75, 3.05) is 11.4 Å². The number of nitrogens with zero attached hydrogens (tertiary/aromatic N) is 3. The van der Waals surface area contributed by atoms with Crippen molar-refractivity contribution in [2.24, 2.45) is 5.92 Å². The summed E-state index contributed by atoms with van der Waals surface area (Å²) in [5.74, 6) is 0.173. The standard InChI is InChI=1S/C9H7F3N4O/c1-2-5-3-6(17)16(4-5)8-13-7(14-15-8)9(10,11)12/h1,5H,3-4H2,(H,13,14,15). The fourth-order valence-electron chi connectivity index (χ4n) is 1.51. The van der Waals surface area contributed by atoms with Crippen LogP contribution in [0.1, 0.15) is 12.2 Å². The second-order valence-corrected chi connectivity index (χ2v) is 3.55. The number of terminal acetylenes is 1. The van der Waals surface area contributed by atoms with Gasteiger partial charge in [0, 0.05) is 18.9 Å². The Labute approximate surface area is 94.0 Å². The molecule has 17 heavy (non-hydrogen) atoms. The highest BCUT2D eigenvalue weighted by Crippen LogP contribution is 2.28. The minimum atomic E-state index is -4.61. The van der Waals surface area contributed by atoms with Gasteiger partial charge in [-0.25, -0.2) is 0 Å². The van der Waals surface area contributed by atoms with Crippen LogP contribution in [0.15, 0.2) is 0 Å². The van der Waals surface area contributed by atoms with Gasteiger partial charge >= 0.3 is 6.18 Å². The van der Waals surface area contributed by atoms with E-state index in [4.69, 9.17) is 6.42 Å². The molecule has 1 aromatic rings. The van der Waals surface area contributed by atoms with Crippen LogP contribution in [-0.2, 0) is 11.0 Å². The lowest BCUT2D eigenvalue weighted by Crippen LogP contribution is -2.25. The Kier molecular flexibility index (Phi) is 2.53. The minimum Gasteiger partial charge on any atom is -0.278 e. The van der Waals surface area contributed by atoms with E-state index in [2.05, 4.69) is 16.0 Å². The summed E-state index contributed by atoms with van der Waals surface area (Å²) in [6.45, 7) is 0.143. The van der Waals surface area contributed by atoms with Gasteiger partial charge in [0.1, 0.15) is 0 Å². The van der Waals surface area contributed by atoms with E-state index in [-0.39, 0.29) is 30.7 Å². The highest BCUT2D eigenvalue weighted by molar-refractivity contribution is 5.94. The molecule has 1 saturated heterocycles. The first kappa shape index (κ1) is 11.4. The predicted molar refractivity (Wildman–Crippen MR) is 50.7 cm³/mol. The van der Waals surface area contributed by atoms with Crippen LogP contribution in [0.25, 0.3) is 0 Å². The van der Waals surface area contributed by atoms with E-state index in [1.54, 1.807) is 5.10 Å². The largest absolute Gasteiger partial charge is 0.451 e. The molecule has 0 aromatic carbocycles. The number of aromatic nitrogens is 3. The van der Waals surface area contributed by atoms with Crippen LogP contribution in [0.2, 0.25) is 0 Å². The Morgan fingerprint density at radius 2 is 2.24 bits per heavy atom. The van der Waals surface area contributed by atoms with Gasteiger partial charge in [0.25, 0.3) is 5.95 Å². The number of nitrogens with one attached hydrogen (secondary N) is 1. The maximum absolute atomic E-state index is 12.3. The third-order valence-corrected chi connectivity index (χ3v) is 2.34. The van der Waals surface area contributed by atoms with Crippen LogP contribution in [-0.4, -0.2) is 27.6 Å². The lowest BCUT2D eigenvalue weighted by molar-refractivity contribution is -0.144. The Bertz CT molecular complexity index is 487. The molecule has 1 aliphatic rings. The number of anilines is 1. The molecule has 2 rings (SSSR count). The SMILES string of the molecule is C#CC1CC(=O)N(c2n[nH]c(C(F)(F)F)n2)C1. The van der Waals surface area contributed by atoms with Gasteiger partial charge in [-0.15, -0.1) is 17.4 Å². The monoisotopic (exact) mass is 244 g/mol. The van der Waals surface area contributed by atoms with Crippen molar-refractivity contribution in [3.05, 3.63) is 5.82 Å². The van der Waals surface area contributed by atoms with Crippen LogP contribution in [0, 0.1) is 18.3 Å². The summed E-state index contributed by atoms with van der Waals surface area (Å²) in [7, 11) is 0. The topological polar surface area (TPSA) is 61.9 Å². The summed E-state index contributed by atoms with van der Waals surface area (Å²) < 4.78 is 36.8. The number of alkyl halides is 3. The summed E-state index contributed by atoms with van der Waals surface area (Å²) in [6.07, 6.45) is 0.645. The van der Waals surface area contributed by atoms with Gasteiger partial charge in [-0.1, -0.05) is 0 Å². The molecule has 8 heteroatoms. The molecule has 0 spiro atoms. The zero-order valence-electron chi connectivity index (χ0n) is 8.45. The van der Waals surface area contributed by atoms with Crippen LogP contribution in [0.3, 0.4) is 0 Å². The number of hydrogen-bond acceptors (Lipinski definition) is 3. The summed E-state index contributed by atoms with van der Waals surface area (Å²) >= 11 is 0. The van der Waals surface area contributed by atoms with Crippen LogP contribution < -0.4 is 4.90 Å². The van der Waals surface area contributed by atoms with Gasteiger partial charge in [0.05, 0.1) is 0 Å². The van der Waals surface area contributed by atoms with Gasteiger partial charge in [-0.2, -0.15) is 18.2 Å². The average Bonchev–Trinajstić information content (AvgIpc) is 2.82. The van der Waals surface area contributed by atoms with Crippen molar-refractivity contribution in [1.29, 1.82) is 0 Å². The third-order valence-electron chi connectivity index (χ3n) is 2.34. The van der Waals surface area contributed by atoms with Gasteiger partial charge in [0.2, 0.25) is 11.7 Å². The van der Waals surface area contributed by atoms with Crippen molar-refractivity contribution in [2.45, 2.75) is 12.6 Å². The molecule has 90 valence electrons. The van der Waals surface area contributed by atoms with Gasteiger partial charge < -0.3 is 0 Å². The molecule has 0 radical (unpaired) electrons. The molecule has 1 aliphatic heterocycles. The lowest BCUT2D eigenvalue weighted by atomic mass is 10.1. The molecule has 0 aliphatic carbocycles. The Morgan fingerprint density at radius 3 is 2.71 bits per heavy atom. The first-order valence-electron chi connectivity index (χ1n) is 4.68. The number of carbonyl (C=O) groups is 1. The molecule has 2 heterocycles. The third kappa shape index (κ3) is 2.08. The molecule has 5 nitrogen and oxygen atoms in total. The molecule has 1 unspecified atom stereocenters. The zero-order valence-corrected chi connectivity index (χ0v) is 8.45. The summed E-state index contributed by atoms with van der Waals surface area (Å²) in [6, 6.07) is 0. The van der Waals surface area contributed by atoms with E-state index in [1.807, 2.05) is 0 Å². The summed E-state index contributed by atoms with van der Waals surface area (Å²) in [5.41, 5.74) is 0. The van der Waals surface area contributed by atoms with E-state index < -0.39 is 12.0 Å². The molecular formula is C9H7F3N4O. The maximum Gasteiger partial charge on any atom is 0.451 e. The first-order valence-corrected chi connectivity index (χ1v) is 4.68. The molecule has 1 atom stereocenters. The van der Waals surface area contributed by atoms with E-state index in [0.29, 0.717) is 0 Å². The number of rotatable bonds is 1. The highest BCUT2D eigenvalue weighted by Gasteiger charge is 2.38. The fourth-order valence-corrected chi connectivity index (χ4v) is 1.51. The Balaban J connectivity index is 2.22. The predicted octanol–water partition coefficient (Wildman–Crippen LogP) is 0.810. The average molecular weight is 244 g/mol. The van der Waals surface area contributed by atoms with Crippen molar-refractivity contribution in [3.63, 3.8) is 0 Å². The number of hydrogen-bond donors (Lipinski definition) is 1. The van der Waals surface area contributed by atoms with E-state index in [0.717, 1.165) is 4.90 Å². The van der Waals surface area contributed by atoms with Crippen LogP contribution in [0.4, 0.5) is 19.1 Å². The van der Waals surface area contributed by atoms with E-state index >= 15 is 0 Å². The molecule has 1 amide bonds. The van der Waals surface area contributed by atoms with E-state index in [9.17, 15) is 18.0 Å². The summed E-state index contributed by atoms with van der Waals surface area (Å²) in [4.78, 5) is 15.7. The quantitative estimate of drug-likeness (QED) is 0.743. The molecule has 1 N–H and O–H groups in total.